The van der Waals surface area contributed by atoms with Crippen molar-refractivity contribution in [3.8, 4) is 0 Å². The molecular weight excluding hydrogens is 527 g/mol. The fourth-order valence-electron chi connectivity index (χ4n) is 6.12. The fourth-order valence-corrected chi connectivity index (χ4v) is 8.40. The molecule has 1 aliphatic heterocycles. The van der Waals surface area contributed by atoms with Gasteiger partial charge >= 0.3 is 6.18 Å². The molecule has 5 rings (SSSR count). The zero-order chi connectivity index (χ0) is 27.4. The number of halogens is 4. The number of carbonyl (C=O) groups excluding carboxylic acids is 1. The van der Waals surface area contributed by atoms with E-state index in [4.69, 9.17) is 11.6 Å². The fraction of sp³-hybridized carbons (Fsp3) is 0.692. The molecule has 0 radical (unpaired) electrons. The maximum atomic E-state index is 13.4. The van der Waals surface area contributed by atoms with E-state index in [1.54, 1.807) is 16.4 Å². The average Bonchev–Trinajstić information content (AvgIpc) is 2.99. The minimum absolute atomic E-state index is 0.0233. The van der Waals surface area contributed by atoms with Crippen molar-refractivity contribution in [1.29, 1.82) is 0 Å². The Bertz CT molecular complexity index is 1160. The first kappa shape index (κ1) is 28.4. The predicted molar refractivity (Wildman–Crippen MR) is 138 cm³/mol. The molecule has 0 spiro atoms. The highest BCUT2D eigenvalue weighted by Crippen LogP contribution is 2.71. The summed E-state index contributed by atoms with van der Waals surface area (Å²) >= 11 is 6.01. The van der Waals surface area contributed by atoms with Gasteiger partial charge in [0.25, 0.3) is 0 Å². The van der Waals surface area contributed by atoms with Crippen LogP contribution in [0.5, 0.6) is 0 Å². The van der Waals surface area contributed by atoms with Crippen LogP contribution in [0.4, 0.5) is 13.2 Å². The molecule has 206 valence electrons. The molecular formula is C26H35ClF3N3O3S. The molecule has 3 aliphatic carbocycles. The van der Waals surface area contributed by atoms with Crippen LogP contribution in [0.2, 0.25) is 5.02 Å². The lowest BCUT2D eigenvalue weighted by Gasteiger charge is -2.73. The van der Waals surface area contributed by atoms with Crippen LogP contribution in [-0.2, 0) is 21.4 Å². The standard InChI is InChI=1S/C26H35ClF3N3O3S/c1-17(2)13-37(35,36)33(12-18-7-9-19(27)10-8-18)25-14-24(15-25,16-25)22-31-21(23(3,4)32-22)20(34)6-5-11-26(28,29)30/h7-10,17,21H,5-6,11-16H2,1-4H3,(H,31,32)/t21-,24?,25?/m0/s1. The summed E-state index contributed by atoms with van der Waals surface area (Å²) in [5.41, 5.74) is -0.683. The van der Waals surface area contributed by atoms with E-state index in [0.717, 1.165) is 5.56 Å². The highest BCUT2D eigenvalue weighted by Gasteiger charge is 2.75. The van der Waals surface area contributed by atoms with E-state index in [-0.39, 0.29) is 42.3 Å². The molecule has 0 amide bonds. The Morgan fingerprint density at radius 2 is 1.78 bits per heavy atom. The molecule has 3 saturated carbocycles. The largest absolute Gasteiger partial charge is 0.389 e. The molecule has 1 heterocycles. The molecule has 0 saturated heterocycles. The SMILES string of the molecule is CC(C)CS(=O)(=O)N(Cc1ccc(Cl)cc1)C12CC(C3=N[C@@H](C(=O)CCCC(F)(F)F)C(C)(C)N3)(C1)C2. The Labute approximate surface area is 222 Å². The molecule has 37 heavy (non-hydrogen) atoms. The van der Waals surface area contributed by atoms with Gasteiger partial charge in [-0.05, 0) is 63.1 Å². The monoisotopic (exact) mass is 561 g/mol. The summed E-state index contributed by atoms with van der Waals surface area (Å²) in [6.07, 6.45) is -3.90. The van der Waals surface area contributed by atoms with Crippen LogP contribution in [-0.4, -0.2) is 53.4 Å². The molecule has 1 aromatic rings. The van der Waals surface area contributed by atoms with Gasteiger partial charge in [0.2, 0.25) is 10.0 Å². The van der Waals surface area contributed by atoms with E-state index in [1.807, 2.05) is 39.8 Å². The number of sulfonamides is 1. The zero-order valence-corrected chi connectivity index (χ0v) is 23.2. The lowest BCUT2D eigenvalue weighted by atomic mass is 9.38. The molecule has 4 aliphatic rings. The minimum atomic E-state index is -4.29. The van der Waals surface area contributed by atoms with Gasteiger partial charge in [-0.1, -0.05) is 37.6 Å². The number of ketones is 1. The van der Waals surface area contributed by atoms with Gasteiger partial charge in [0, 0.05) is 35.4 Å². The third-order valence-corrected chi connectivity index (χ3v) is 10.3. The van der Waals surface area contributed by atoms with Gasteiger partial charge in [0.15, 0.2) is 5.78 Å². The van der Waals surface area contributed by atoms with Crippen molar-refractivity contribution in [2.24, 2.45) is 16.3 Å². The van der Waals surface area contributed by atoms with Crippen molar-refractivity contribution in [2.75, 3.05) is 5.75 Å². The van der Waals surface area contributed by atoms with Crippen molar-refractivity contribution in [3.05, 3.63) is 34.9 Å². The summed E-state index contributed by atoms with van der Waals surface area (Å²) in [6, 6.07) is 6.41. The molecule has 11 heteroatoms. The lowest BCUT2D eigenvalue weighted by molar-refractivity contribution is -0.151. The van der Waals surface area contributed by atoms with Crippen LogP contribution in [0, 0.1) is 11.3 Å². The maximum Gasteiger partial charge on any atom is 0.389 e. The predicted octanol–water partition coefficient (Wildman–Crippen LogP) is 5.50. The highest BCUT2D eigenvalue weighted by molar-refractivity contribution is 7.89. The Morgan fingerprint density at radius 3 is 2.32 bits per heavy atom. The van der Waals surface area contributed by atoms with Gasteiger partial charge in [-0.3, -0.25) is 9.79 Å². The zero-order valence-electron chi connectivity index (χ0n) is 21.7. The van der Waals surface area contributed by atoms with E-state index in [9.17, 15) is 26.4 Å². The van der Waals surface area contributed by atoms with Crippen LogP contribution in [0.15, 0.2) is 29.3 Å². The second-order valence-electron chi connectivity index (χ2n) is 12.0. The number of alkyl halides is 3. The first-order chi connectivity index (χ1) is 17.0. The Kier molecular flexibility index (Phi) is 7.30. The summed E-state index contributed by atoms with van der Waals surface area (Å²) in [5.74, 6) is 0.406. The number of amidine groups is 1. The number of nitrogens with zero attached hydrogens (tertiary/aromatic N) is 2. The van der Waals surface area contributed by atoms with Crippen molar-refractivity contribution in [2.45, 2.75) is 96.1 Å². The first-order valence-electron chi connectivity index (χ1n) is 12.7. The lowest BCUT2D eigenvalue weighted by Crippen LogP contribution is -2.78. The summed E-state index contributed by atoms with van der Waals surface area (Å²) in [4.78, 5) is 17.4. The molecule has 0 aromatic heterocycles. The van der Waals surface area contributed by atoms with Gasteiger partial charge < -0.3 is 5.32 Å². The highest BCUT2D eigenvalue weighted by atomic mass is 35.5. The Hall–Kier alpha value is -1.65. The van der Waals surface area contributed by atoms with Crippen LogP contribution in [0.3, 0.4) is 0 Å². The molecule has 6 nitrogen and oxygen atoms in total. The summed E-state index contributed by atoms with van der Waals surface area (Å²) in [7, 11) is -3.54. The van der Waals surface area contributed by atoms with E-state index in [1.165, 1.54) is 0 Å². The number of hydrogen-bond donors (Lipinski definition) is 1. The van der Waals surface area contributed by atoms with Crippen molar-refractivity contribution in [1.82, 2.24) is 9.62 Å². The second-order valence-corrected chi connectivity index (χ2v) is 14.4. The molecule has 1 aromatic carbocycles. The molecule has 2 bridgehead atoms. The van der Waals surface area contributed by atoms with Crippen molar-refractivity contribution >= 4 is 33.2 Å². The topological polar surface area (TPSA) is 78.8 Å². The molecule has 1 atom stereocenters. The van der Waals surface area contributed by atoms with E-state index in [0.29, 0.717) is 30.1 Å². The number of Topliss-reactive ketones (excluding diaryl/α,β-unsaturated/α-hetero) is 1. The van der Waals surface area contributed by atoms with Gasteiger partial charge in [0.1, 0.15) is 11.9 Å². The van der Waals surface area contributed by atoms with Crippen molar-refractivity contribution < 1.29 is 26.4 Å². The number of rotatable bonds is 11. The third-order valence-electron chi connectivity index (χ3n) is 7.72. The molecule has 3 fully saturated rings. The van der Waals surface area contributed by atoms with E-state index in [2.05, 4.69) is 10.3 Å². The van der Waals surface area contributed by atoms with E-state index < -0.39 is 39.7 Å². The number of nitrogens with one attached hydrogen (secondary N) is 1. The van der Waals surface area contributed by atoms with E-state index >= 15 is 0 Å². The van der Waals surface area contributed by atoms with Gasteiger partial charge in [0.05, 0.1) is 11.3 Å². The molecule has 1 N–H and O–H groups in total. The number of hydrogen-bond acceptors (Lipinski definition) is 5. The van der Waals surface area contributed by atoms with Crippen LogP contribution in [0.1, 0.15) is 71.8 Å². The van der Waals surface area contributed by atoms with Crippen molar-refractivity contribution in [3.63, 3.8) is 0 Å². The van der Waals surface area contributed by atoms with Gasteiger partial charge in [-0.2, -0.15) is 17.5 Å². The smallest absolute Gasteiger partial charge is 0.366 e. The van der Waals surface area contributed by atoms with Gasteiger partial charge in [-0.15, -0.1) is 0 Å². The van der Waals surface area contributed by atoms with Gasteiger partial charge in [-0.25, -0.2) is 8.42 Å². The summed E-state index contributed by atoms with van der Waals surface area (Å²) in [5, 5.41) is 3.94. The summed E-state index contributed by atoms with van der Waals surface area (Å²) < 4.78 is 66.1. The average molecular weight is 562 g/mol. The Balaban J connectivity index is 1.49. The second kappa shape index (κ2) is 9.52. The minimum Gasteiger partial charge on any atom is -0.366 e. The normalized spacial score (nSPS) is 28.5. The van der Waals surface area contributed by atoms with Crippen LogP contribution in [0.25, 0.3) is 0 Å². The first-order valence-corrected chi connectivity index (χ1v) is 14.7. The summed E-state index contributed by atoms with van der Waals surface area (Å²) in [6.45, 7) is 7.68. The third kappa shape index (κ3) is 5.71. The quantitative estimate of drug-likeness (QED) is 0.387. The van der Waals surface area contributed by atoms with Crippen LogP contribution < -0.4 is 5.32 Å². The Morgan fingerprint density at radius 1 is 1.19 bits per heavy atom. The molecule has 0 unspecified atom stereocenters. The van der Waals surface area contributed by atoms with Crippen LogP contribution >= 0.6 is 11.6 Å². The number of benzene rings is 1. The maximum absolute atomic E-state index is 13.4. The number of aliphatic imine (C=N–C) groups is 1. The number of carbonyl (C=O) groups is 1.